The van der Waals surface area contributed by atoms with Crippen LogP contribution in [0.5, 0.6) is 0 Å². The second kappa shape index (κ2) is 7.45. The molecule has 150 valence electrons. The molecule has 1 aliphatic carbocycles. The van der Waals surface area contributed by atoms with Crippen molar-refractivity contribution in [1.82, 2.24) is 4.98 Å². The molecule has 30 heavy (non-hydrogen) atoms. The molecular formula is C26H25N3O. The number of benzene rings is 4. The lowest BCUT2D eigenvalue weighted by Crippen LogP contribution is -2.08. The second-order valence-electron chi connectivity index (χ2n) is 7.75. The van der Waals surface area contributed by atoms with Gasteiger partial charge in [0.25, 0.3) is 0 Å². The van der Waals surface area contributed by atoms with Crippen LogP contribution in [-0.2, 0) is 0 Å². The van der Waals surface area contributed by atoms with E-state index in [-0.39, 0.29) is 0 Å². The van der Waals surface area contributed by atoms with E-state index in [4.69, 9.17) is 14.4 Å². The maximum Gasteiger partial charge on any atom is 0.155 e. The molecule has 0 unspecified atom stereocenters. The lowest BCUT2D eigenvalue weighted by Gasteiger charge is -2.14. The van der Waals surface area contributed by atoms with E-state index in [1.165, 1.54) is 10.8 Å². The van der Waals surface area contributed by atoms with Crippen LogP contribution in [0.25, 0.3) is 44.1 Å². The molecule has 0 saturated heterocycles. The Morgan fingerprint density at radius 1 is 0.967 bits per heavy atom. The van der Waals surface area contributed by atoms with Gasteiger partial charge < -0.3 is 9.73 Å². The van der Waals surface area contributed by atoms with Gasteiger partial charge in [0.2, 0.25) is 0 Å². The smallest absolute Gasteiger partial charge is 0.155 e. The molecule has 3 aromatic rings. The Labute approximate surface area is 175 Å². The number of aromatic nitrogens is 1. The first-order valence-corrected chi connectivity index (χ1v) is 10.6. The highest BCUT2D eigenvalue weighted by Gasteiger charge is 2.16. The minimum absolute atomic E-state index is 0.770. The quantitative estimate of drug-likeness (QED) is 0.287. The summed E-state index contributed by atoms with van der Waals surface area (Å²) in [6, 6.07) is 19.1. The third kappa shape index (κ3) is 3.09. The monoisotopic (exact) mass is 395 g/mol. The molecular weight excluding hydrogens is 370 g/mol. The molecule has 3 aromatic carbocycles. The van der Waals surface area contributed by atoms with Crippen molar-refractivity contribution in [2.24, 2.45) is 4.99 Å². The number of anilines is 1. The first kappa shape index (κ1) is 18.6. The molecule has 4 heteroatoms. The molecule has 1 heterocycles. The molecule has 0 spiro atoms. The summed E-state index contributed by atoms with van der Waals surface area (Å²) in [7, 11) is 0. The molecule has 0 radical (unpaired) electrons. The van der Waals surface area contributed by atoms with E-state index in [0.717, 1.165) is 69.4 Å². The van der Waals surface area contributed by atoms with Gasteiger partial charge in [0, 0.05) is 41.7 Å². The van der Waals surface area contributed by atoms with Crippen LogP contribution < -0.4 is 10.7 Å². The topological polar surface area (TPSA) is 50.4 Å². The van der Waals surface area contributed by atoms with E-state index in [1.807, 2.05) is 12.1 Å². The highest BCUT2D eigenvalue weighted by molar-refractivity contribution is 6.04. The predicted octanol–water partition coefficient (Wildman–Crippen LogP) is 6.29. The van der Waals surface area contributed by atoms with Crippen LogP contribution in [0.2, 0.25) is 0 Å². The van der Waals surface area contributed by atoms with Crippen LogP contribution in [0.4, 0.5) is 5.69 Å². The molecule has 0 fully saturated rings. The van der Waals surface area contributed by atoms with Crippen molar-refractivity contribution in [3.05, 3.63) is 65.5 Å². The van der Waals surface area contributed by atoms with Crippen molar-refractivity contribution in [2.75, 3.05) is 18.4 Å². The molecule has 1 aliphatic heterocycles. The van der Waals surface area contributed by atoms with E-state index in [0.29, 0.717) is 0 Å². The molecule has 0 bridgehead atoms. The van der Waals surface area contributed by atoms with Crippen molar-refractivity contribution < 1.29 is 4.42 Å². The van der Waals surface area contributed by atoms with Crippen molar-refractivity contribution in [2.45, 2.75) is 27.2 Å². The summed E-state index contributed by atoms with van der Waals surface area (Å²) in [5.74, 6) is 0.770. The third-order valence-electron chi connectivity index (χ3n) is 5.55. The van der Waals surface area contributed by atoms with Crippen LogP contribution in [0.1, 0.15) is 25.8 Å². The first-order chi connectivity index (χ1) is 14.7. The number of nitrogens with zero attached hydrogens (tertiary/aromatic N) is 2. The highest BCUT2D eigenvalue weighted by Crippen LogP contribution is 2.34. The largest absolute Gasteiger partial charge is 0.453 e. The Bertz CT molecular complexity index is 1430. The van der Waals surface area contributed by atoms with Gasteiger partial charge in [-0.25, -0.2) is 4.98 Å². The van der Waals surface area contributed by atoms with Crippen molar-refractivity contribution in [3.8, 4) is 11.5 Å². The minimum Gasteiger partial charge on any atom is -0.453 e. The summed E-state index contributed by atoms with van der Waals surface area (Å²) in [5.41, 5.74) is 4.78. The molecule has 0 saturated carbocycles. The van der Waals surface area contributed by atoms with Crippen LogP contribution >= 0.6 is 0 Å². The van der Waals surface area contributed by atoms with Gasteiger partial charge in [-0.2, -0.15) is 0 Å². The average molecular weight is 396 g/mol. The van der Waals surface area contributed by atoms with Gasteiger partial charge in [0.15, 0.2) is 11.3 Å². The molecule has 0 aromatic heterocycles. The average Bonchev–Trinajstić information content (AvgIpc) is 2.76. The highest BCUT2D eigenvalue weighted by atomic mass is 16.3. The van der Waals surface area contributed by atoms with Gasteiger partial charge in [-0.15, -0.1) is 0 Å². The fraction of sp³-hybridized carbons (Fsp3) is 0.231. The van der Waals surface area contributed by atoms with Gasteiger partial charge >= 0.3 is 0 Å². The normalized spacial score (nSPS) is 12.4. The molecule has 0 atom stereocenters. The number of nitrogens with one attached hydrogen (secondary N) is 1. The Balaban J connectivity index is 1.90. The molecule has 1 N–H and O–H groups in total. The maximum absolute atomic E-state index is 6.37. The van der Waals surface area contributed by atoms with E-state index in [9.17, 15) is 0 Å². The van der Waals surface area contributed by atoms with Crippen LogP contribution in [0, 0.1) is 6.92 Å². The van der Waals surface area contributed by atoms with Gasteiger partial charge in [-0.3, -0.25) is 4.99 Å². The standard InChI is InChI=1S/C26H25N3O/c1-4-10-28-22-15-25-26(20-13-18-9-7-6-8-17(18)12-19(20)22)29-23-11-16(3)21(27-5-2)14-24(23)30-25/h6-9,11-15,27H,4-5,10H2,1-3H3. The van der Waals surface area contributed by atoms with Crippen LogP contribution in [0.3, 0.4) is 0 Å². The summed E-state index contributed by atoms with van der Waals surface area (Å²) in [4.78, 5) is 9.88. The number of aryl methyl sites for hydroxylation is 1. The third-order valence-corrected chi connectivity index (χ3v) is 5.55. The number of hydrogen-bond donors (Lipinski definition) is 1. The SMILES string of the molecule is CCCN=c1cc2oc3cc(NCC)c(C)cc3nc-2c2cc3ccccc3cc12. The number of fused-ring (bicyclic) bond motifs is 5. The van der Waals surface area contributed by atoms with Crippen molar-refractivity contribution in [1.29, 1.82) is 0 Å². The van der Waals surface area contributed by atoms with Gasteiger partial charge in [-0.1, -0.05) is 31.2 Å². The Kier molecular flexibility index (Phi) is 4.62. The predicted molar refractivity (Wildman–Crippen MR) is 125 cm³/mol. The van der Waals surface area contributed by atoms with Crippen LogP contribution in [-0.4, -0.2) is 18.1 Å². The zero-order valence-corrected chi connectivity index (χ0v) is 17.6. The molecule has 4 nitrogen and oxygen atoms in total. The summed E-state index contributed by atoms with van der Waals surface area (Å²) in [6.45, 7) is 7.99. The zero-order valence-electron chi connectivity index (χ0n) is 17.6. The summed E-state index contributed by atoms with van der Waals surface area (Å²) in [5, 5.41) is 8.98. The molecule has 5 rings (SSSR count). The lowest BCUT2D eigenvalue weighted by atomic mass is 9.99. The van der Waals surface area contributed by atoms with Gasteiger partial charge in [0.05, 0.1) is 5.36 Å². The maximum atomic E-state index is 6.37. The second-order valence-corrected chi connectivity index (χ2v) is 7.75. The van der Waals surface area contributed by atoms with Gasteiger partial charge in [0.1, 0.15) is 11.2 Å². The summed E-state index contributed by atoms with van der Waals surface area (Å²) >= 11 is 0. The molecule has 2 aliphatic rings. The van der Waals surface area contributed by atoms with Crippen molar-refractivity contribution in [3.63, 3.8) is 0 Å². The van der Waals surface area contributed by atoms with Crippen LogP contribution in [0.15, 0.2) is 64.0 Å². The summed E-state index contributed by atoms with van der Waals surface area (Å²) in [6.07, 6.45) is 1.01. The van der Waals surface area contributed by atoms with E-state index < -0.39 is 0 Å². The van der Waals surface area contributed by atoms with E-state index in [2.05, 4.69) is 68.6 Å². The van der Waals surface area contributed by atoms with Gasteiger partial charge in [-0.05, 0) is 54.8 Å². The Morgan fingerprint density at radius 2 is 1.73 bits per heavy atom. The molecule has 0 amide bonds. The number of hydrogen-bond acceptors (Lipinski definition) is 4. The minimum atomic E-state index is 0.770. The summed E-state index contributed by atoms with van der Waals surface area (Å²) < 4.78 is 6.37. The van der Waals surface area contributed by atoms with E-state index >= 15 is 0 Å². The van der Waals surface area contributed by atoms with Crippen molar-refractivity contribution >= 4 is 38.3 Å². The van der Waals surface area contributed by atoms with E-state index in [1.54, 1.807) is 0 Å². The first-order valence-electron chi connectivity index (χ1n) is 10.6. The fourth-order valence-electron chi connectivity index (χ4n) is 4.07. The Morgan fingerprint density at radius 3 is 2.47 bits per heavy atom. The lowest BCUT2D eigenvalue weighted by molar-refractivity contribution is 0.613. The number of rotatable bonds is 4. The Hall–Kier alpha value is -3.40. The zero-order chi connectivity index (χ0) is 20.7. The fourth-order valence-corrected chi connectivity index (χ4v) is 4.07.